The van der Waals surface area contributed by atoms with Crippen LogP contribution in [-0.2, 0) is 13.1 Å². The summed E-state index contributed by atoms with van der Waals surface area (Å²) in [7, 11) is 0. The molecular formula is C22H32F2O. The molecule has 1 nitrogen and oxygen atoms in total. The van der Waals surface area contributed by atoms with Gasteiger partial charge in [0.2, 0.25) is 0 Å². The molecule has 1 aliphatic heterocycles. The summed E-state index contributed by atoms with van der Waals surface area (Å²) in [4.78, 5) is 0. The van der Waals surface area contributed by atoms with Crippen LogP contribution in [0.3, 0.4) is 0 Å². The Hall–Kier alpha value is -1.12. The van der Waals surface area contributed by atoms with E-state index in [4.69, 9.17) is 4.74 Å². The molecule has 1 aromatic rings. The van der Waals surface area contributed by atoms with Crippen LogP contribution in [0.2, 0.25) is 0 Å². The van der Waals surface area contributed by atoms with E-state index in [1.807, 2.05) is 6.07 Å². The third-order valence-corrected chi connectivity index (χ3v) is 6.30. The summed E-state index contributed by atoms with van der Waals surface area (Å²) in [6, 6.07) is 1.84. The van der Waals surface area contributed by atoms with Crippen LogP contribution >= 0.6 is 0 Å². The summed E-state index contributed by atoms with van der Waals surface area (Å²) < 4.78 is 33.8. The fourth-order valence-electron chi connectivity index (χ4n) is 4.75. The highest BCUT2D eigenvalue weighted by Crippen LogP contribution is 2.41. The van der Waals surface area contributed by atoms with Gasteiger partial charge in [-0.15, -0.1) is 0 Å². The summed E-state index contributed by atoms with van der Waals surface area (Å²) in [6.07, 6.45) is 12.3. The number of ether oxygens (including phenoxy) is 1. The quantitative estimate of drug-likeness (QED) is 0.520. The molecule has 3 heteroatoms. The van der Waals surface area contributed by atoms with Crippen molar-refractivity contribution in [2.45, 2.75) is 90.8 Å². The second-order valence-electron chi connectivity index (χ2n) is 8.08. The number of aryl methyl sites for hydroxylation is 2. The van der Waals surface area contributed by atoms with Crippen LogP contribution in [-0.4, -0.2) is 6.10 Å². The van der Waals surface area contributed by atoms with Gasteiger partial charge >= 0.3 is 0 Å². The zero-order chi connectivity index (χ0) is 17.8. The number of unbranched alkanes of at least 4 members (excludes halogenated alkanes) is 2. The highest BCUT2D eigenvalue weighted by atomic mass is 19.1. The maximum atomic E-state index is 14.2. The predicted octanol–water partition coefficient (Wildman–Crippen LogP) is 6.68. The van der Waals surface area contributed by atoms with Gasteiger partial charge in [-0.2, -0.15) is 0 Å². The minimum Gasteiger partial charge on any atom is -0.489 e. The molecule has 0 N–H and O–H groups in total. The minimum atomic E-state index is -0.785. The van der Waals surface area contributed by atoms with Crippen LogP contribution in [0, 0.1) is 24.6 Å². The minimum absolute atomic E-state index is 0.132. The Balaban J connectivity index is 1.61. The molecule has 0 bridgehead atoms. The van der Waals surface area contributed by atoms with Gasteiger partial charge in [-0.25, -0.2) is 8.78 Å². The van der Waals surface area contributed by atoms with Crippen molar-refractivity contribution in [3.8, 4) is 5.75 Å². The lowest BCUT2D eigenvalue weighted by Gasteiger charge is -2.37. The second kappa shape index (κ2) is 8.51. The Bertz CT molecular complexity index is 576. The lowest BCUT2D eigenvalue weighted by Crippen LogP contribution is -2.34. The number of alkyl halides is 1. The Morgan fingerprint density at radius 1 is 1.12 bits per heavy atom. The summed E-state index contributed by atoms with van der Waals surface area (Å²) >= 11 is 0. The standard InChI is InChI=1S/C22H32F2O/c1-3-4-5-6-16-7-9-17(10-8-16)20-12-11-18-13-15(2)21(24)19(14-23)22(18)25-20/h13,16-17,20H,3-12,14H2,1-2H3. The maximum Gasteiger partial charge on any atom is 0.135 e. The maximum absolute atomic E-state index is 14.2. The lowest BCUT2D eigenvalue weighted by atomic mass is 9.76. The molecule has 1 unspecified atom stereocenters. The van der Waals surface area contributed by atoms with Crippen molar-refractivity contribution < 1.29 is 13.5 Å². The summed E-state index contributed by atoms with van der Waals surface area (Å²) in [5, 5.41) is 0. The van der Waals surface area contributed by atoms with Crippen molar-refractivity contribution in [2.24, 2.45) is 11.8 Å². The van der Waals surface area contributed by atoms with E-state index >= 15 is 0 Å². The number of fused-ring (bicyclic) bond motifs is 1. The third-order valence-electron chi connectivity index (χ3n) is 6.30. The molecule has 2 aliphatic rings. The molecule has 0 amide bonds. The molecule has 3 rings (SSSR count). The number of rotatable bonds is 6. The van der Waals surface area contributed by atoms with Gasteiger partial charge in [0.15, 0.2) is 0 Å². The number of halogens is 2. The molecule has 140 valence electrons. The van der Waals surface area contributed by atoms with Crippen LogP contribution in [0.25, 0.3) is 0 Å². The zero-order valence-corrected chi connectivity index (χ0v) is 15.8. The molecule has 0 radical (unpaired) electrons. The van der Waals surface area contributed by atoms with Gasteiger partial charge in [0.25, 0.3) is 0 Å². The molecule has 1 aromatic carbocycles. The van der Waals surface area contributed by atoms with E-state index in [-0.39, 0.29) is 11.7 Å². The van der Waals surface area contributed by atoms with E-state index in [9.17, 15) is 8.78 Å². The molecule has 0 aromatic heterocycles. The molecule has 0 saturated heterocycles. The van der Waals surface area contributed by atoms with E-state index in [1.165, 1.54) is 51.4 Å². The van der Waals surface area contributed by atoms with Crippen LogP contribution < -0.4 is 4.74 Å². The van der Waals surface area contributed by atoms with Crippen molar-refractivity contribution in [1.82, 2.24) is 0 Å². The van der Waals surface area contributed by atoms with Crippen molar-refractivity contribution in [1.29, 1.82) is 0 Å². The van der Waals surface area contributed by atoms with E-state index in [0.717, 1.165) is 24.3 Å². The summed E-state index contributed by atoms with van der Waals surface area (Å²) in [5.41, 5.74) is 1.64. The molecule has 1 aliphatic carbocycles. The van der Waals surface area contributed by atoms with Gasteiger partial charge in [0.1, 0.15) is 24.3 Å². The topological polar surface area (TPSA) is 9.23 Å². The van der Waals surface area contributed by atoms with Crippen LogP contribution in [0.1, 0.15) is 81.4 Å². The van der Waals surface area contributed by atoms with Crippen molar-refractivity contribution in [3.63, 3.8) is 0 Å². The summed E-state index contributed by atoms with van der Waals surface area (Å²) in [5.74, 6) is 1.50. The van der Waals surface area contributed by atoms with Gasteiger partial charge < -0.3 is 4.74 Å². The average molecular weight is 350 g/mol. The highest BCUT2D eigenvalue weighted by molar-refractivity contribution is 5.46. The Labute approximate surface area is 151 Å². The van der Waals surface area contributed by atoms with Crippen molar-refractivity contribution in [3.05, 3.63) is 28.6 Å². The van der Waals surface area contributed by atoms with Crippen LogP contribution in [0.4, 0.5) is 8.78 Å². The first-order valence-corrected chi connectivity index (χ1v) is 10.2. The molecule has 1 fully saturated rings. The van der Waals surface area contributed by atoms with Crippen LogP contribution in [0.15, 0.2) is 6.07 Å². The molecular weight excluding hydrogens is 318 g/mol. The fourth-order valence-corrected chi connectivity index (χ4v) is 4.75. The smallest absolute Gasteiger partial charge is 0.135 e. The first-order chi connectivity index (χ1) is 12.1. The average Bonchev–Trinajstić information content (AvgIpc) is 2.63. The van der Waals surface area contributed by atoms with Crippen molar-refractivity contribution >= 4 is 0 Å². The van der Waals surface area contributed by atoms with Gasteiger partial charge in [-0.1, -0.05) is 45.4 Å². The Morgan fingerprint density at radius 2 is 1.88 bits per heavy atom. The lowest BCUT2D eigenvalue weighted by molar-refractivity contribution is 0.0735. The van der Waals surface area contributed by atoms with Gasteiger partial charge in [-0.05, 0) is 61.6 Å². The fraction of sp³-hybridized carbons (Fsp3) is 0.727. The van der Waals surface area contributed by atoms with E-state index < -0.39 is 12.5 Å². The Kier molecular flexibility index (Phi) is 6.35. The largest absolute Gasteiger partial charge is 0.489 e. The van der Waals surface area contributed by atoms with E-state index in [2.05, 4.69) is 6.92 Å². The third kappa shape index (κ3) is 4.17. The van der Waals surface area contributed by atoms with E-state index in [1.54, 1.807) is 6.92 Å². The zero-order valence-electron chi connectivity index (χ0n) is 15.8. The molecule has 1 saturated carbocycles. The predicted molar refractivity (Wildman–Crippen MR) is 98.3 cm³/mol. The number of benzene rings is 1. The number of hydrogen-bond acceptors (Lipinski definition) is 1. The normalized spacial score (nSPS) is 26.2. The Morgan fingerprint density at radius 3 is 2.56 bits per heavy atom. The first-order valence-electron chi connectivity index (χ1n) is 10.2. The molecule has 0 spiro atoms. The summed E-state index contributed by atoms with van der Waals surface area (Å²) in [6.45, 7) is 3.18. The highest BCUT2D eigenvalue weighted by Gasteiger charge is 2.33. The first kappa shape index (κ1) is 18.7. The number of hydrogen-bond donors (Lipinski definition) is 0. The van der Waals surface area contributed by atoms with Crippen LogP contribution in [0.5, 0.6) is 5.75 Å². The van der Waals surface area contributed by atoms with Crippen molar-refractivity contribution in [2.75, 3.05) is 0 Å². The van der Waals surface area contributed by atoms with Gasteiger partial charge in [-0.3, -0.25) is 0 Å². The van der Waals surface area contributed by atoms with E-state index in [0.29, 0.717) is 17.2 Å². The molecule has 1 heterocycles. The SMILES string of the molecule is CCCCCC1CCC(C2CCc3cc(C)c(F)c(CF)c3O2)CC1. The second-order valence-corrected chi connectivity index (χ2v) is 8.08. The monoisotopic (exact) mass is 350 g/mol. The van der Waals surface area contributed by atoms with Gasteiger partial charge in [0.05, 0.1) is 5.56 Å². The van der Waals surface area contributed by atoms with Gasteiger partial charge in [0, 0.05) is 0 Å². The molecule has 1 atom stereocenters. The molecule has 25 heavy (non-hydrogen) atoms.